The van der Waals surface area contributed by atoms with Gasteiger partial charge in [-0.2, -0.15) is 0 Å². The predicted molar refractivity (Wildman–Crippen MR) is 105 cm³/mol. The SMILES string of the molecule is C[C@H]1OCCN[C@@H]1C(=O)N1CCN(Cc2c(F)cccc2Cl)CC1.Cl.Cl. The van der Waals surface area contributed by atoms with Crippen LogP contribution in [0.15, 0.2) is 18.2 Å². The Hall–Kier alpha value is -0.630. The van der Waals surface area contributed by atoms with Crippen molar-refractivity contribution < 1.29 is 13.9 Å². The number of hydrogen-bond acceptors (Lipinski definition) is 4. The molecule has 0 spiro atoms. The summed E-state index contributed by atoms with van der Waals surface area (Å²) in [6.07, 6.45) is -0.110. The molecule has 148 valence electrons. The van der Waals surface area contributed by atoms with Gasteiger partial charge in [-0.15, -0.1) is 24.8 Å². The van der Waals surface area contributed by atoms with Crippen LogP contribution in [0.2, 0.25) is 5.02 Å². The summed E-state index contributed by atoms with van der Waals surface area (Å²) >= 11 is 6.09. The maximum absolute atomic E-state index is 13.9. The molecule has 26 heavy (non-hydrogen) atoms. The van der Waals surface area contributed by atoms with E-state index in [0.29, 0.717) is 56.5 Å². The van der Waals surface area contributed by atoms with Crippen molar-refractivity contribution in [3.63, 3.8) is 0 Å². The Labute approximate surface area is 171 Å². The highest BCUT2D eigenvalue weighted by Gasteiger charge is 2.33. The summed E-state index contributed by atoms with van der Waals surface area (Å²) in [6, 6.07) is 4.47. The zero-order valence-corrected chi connectivity index (χ0v) is 17.0. The number of nitrogens with zero attached hydrogens (tertiary/aromatic N) is 2. The summed E-state index contributed by atoms with van der Waals surface area (Å²) in [4.78, 5) is 16.6. The highest BCUT2D eigenvalue weighted by molar-refractivity contribution is 6.31. The van der Waals surface area contributed by atoms with E-state index in [1.807, 2.05) is 11.8 Å². The molecule has 2 atom stereocenters. The molecular formula is C17H25Cl3FN3O2. The minimum Gasteiger partial charge on any atom is -0.375 e. The van der Waals surface area contributed by atoms with Crippen molar-refractivity contribution in [1.29, 1.82) is 0 Å². The van der Waals surface area contributed by atoms with Crippen LogP contribution in [0.5, 0.6) is 0 Å². The summed E-state index contributed by atoms with van der Waals surface area (Å²) in [5.74, 6) is -0.191. The molecule has 9 heteroatoms. The fourth-order valence-electron chi connectivity index (χ4n) is 3.24. The van der Waals surface area contributed by atoms with Gasteiger partial charge < -0.3 is 15.0 Å². The molecule has 0 aromatic heterocycles. The van der Waals surface area contributed by atoms with E-state index >= 15 is 0 Å². The van der Waals surface area contributed by atoms with Gasteiger partial charge in [0.1, 0.15) is 11.9 Å². The minimum absolute atomic E-state index is 0. The van der Waals surface area contributed by atoms with Crippen LogP contribution in [0.25, 0.3) is 0 Å². The van der Waals surface area contributed by atoms with Gasteiger partial charge in [-0.1, -0.05) is 17.7 Å². The number of halogens is 4. The van der Waals surface area contributed by atoms with Gasteiger partial charge in [0.05, 0.1) is 12.7 Å². The number of rotatable bonds is 3. The Morgan fingerprint density at radius 2 is 2.00 bits per heavy atom. The van der Waals surface area contributed by atoms with Crippen molar-refractivity contribution >= 4 is 42.3 Å². The number of carbonyl (C=O) groups is 1. The molecule has 0 bridgehead atoms. The number of amides is 1. The molecule has 0 aliphatic carbocycles. The monoisotopic (exact) mass is 427 g/mol. The number of benzene rings is 1. The van der Waals surface area contributed by atoms with Crippen LogP contribution < -0.4 is 5.32 Å². The second-order valence-corrected chi connectivity index (χ2v) is 6.72. The quantitative estimate of drug-likeness (QED) is 0.803. The molecule has 1 aromatic rings. The molecule has 1 aromatic carbocycles. The third kappa shape index (κ3) is 5.44. The van der Waals surface area contributed by atoms with Gasteiger partial charge in [-0.3, -0.25) is 9.69 Å². The molecule has 2 aliphatic rings. The fraction of sp³-hybridized carbons (Fsp3) is 0.588. The first-order valence-corrected chi connectivity index (χ1v) is 8.73. The summed E-state index contributed by atoms with van der Waals surface area (Å²) in [5, 5.41) is 3.68. The van der Waals surface area contributed by atoms with Gasteiger partial charge in [0.25, 0.3) is 0 Å². The van der Waals surface area contributed by atoms with Crippen LogP contribution in [-0.2, 0) is 16.1 Å². The molecule has 2 aliphatic heterocycles. The highest BCUT2D eigenvalue weighted by atomic mass is 35.5. The van der Waals surface area contributed by atoms with E-state index in [2.05, 4.69) is 10.2 Å². The molecule has 0 saturated carbocycles. The molecule has 0 radical (unpaired) electrons. The predicted octanol–water partition coefficient (Wildman–Crippen LogP) is 2.34. The average molecular weight is 429 g/mol. The van der Waals surface area contributed by atoms with Crippen molar-refractivity contribution in [2.45, 2.75) is 25.6 Å². The number of piperazine rings is 1. The smallest absolute Gasteiger partial charge is 0.242 e. The standard InChI is InChI=1S/C17H23ClFN3O2.2ClH/c1-12-16(20-5-10-24-12)17(23)22-8-6-21(7-9-22)11-13-14(18)3-2-4-15(13)19;;/h2-4,12,16,20H,5-11H2,1H3;2*1H/t12-,16+;;/m1../s1. The first-order chi connectivity index (χ1) is 11.6. The van der Waals surface area contributed by atoms with Crippen LogP contribution in [0.3, 0.4) is 0 Å². The van der Waals surface area contributed by atoms with E-state index in [0.717, 1.165) is 0 Å². The minimum atomic E-state index is -0.279. The number of carbonyl (C=O) groups excluding carboxylic acids is 1. The van der Waals surface area contributed by atoms with Crippen LogP contribution in [0.1, 0.15) is 12.5 Å². The summed E-state index contributed by atoms with van der Waals surface area (Å²) in [5.41, 5.74) is 0.523. The van der Waals surface area contributed by atoms with E-state index in [-0.39, 0.29) is 48.7 Å². The Bertz CT molecular complexity index is 580. The van der Waals surface area contributed by atoms with E-state index in [1.54, 1.807) is 12.1 Å². The van der Waals surface area contributed by atoms with Crippen molar-refractivity contribution in [3.05, 3.63) is 34.6 Å². The average Bonchev–Trinajstić information content (AvgIpc) is 2.59. The lowest BCUT2D eigenvalue weighted by molar-refractivity contribution is -0.141. The Morgan fingerprint density at radius 3 is 2.62 bits per heavy atom. The van der Waals surface area contributed by atoms with Crippen LogP contribution in [-0.4, -0.2) is 67.2 Å². The van der Waals surface area contributed by atoms with E-state index in [4.69, 9.17) is 16.3 Å². The Balaban J connectivity index is 0.00000169. The van der Waals surface area contributed by atoms with Crippen LogP contribution >= 0.6 is 36.4 Å². The third-order valence-electron chi connectivity index (χ3n) is 4.71. The largest absolute Gasteiger partial charge is 0.375 e. The highest BCUT2D eigenvalue weighted by Crippen LogP contribution is 2.21. The molecule has 3 rings (SSSR count). The molecule has 1 amide bonds. The molecule has 2 saturated heterocycles. The zero-order valence-electron chi connectivity index (χ0n) is 14.6. The van der Waals surface area contributed by atoms with E-state index in [1.165, 1.54) is 6.07 Å². The van der Waals surface area contributed by atoms with Crippen molar-refractivity contribution in [3.8, 4) is 0 Å². The number of morpholine rings is 1. The van der Waals surface area contributed by atoms with E-state index in [9.17, 15) is 9.18 Å². The maximum Gasteiger partial charge on any atom is 0.242 e. The fourth-order valence-corrected chi connectivity index (χ4v) is 3.46. The molecule has 1 N–H and O–H groups in total. The molecule has 5 nitrogen and oxygen atoms in total. The lowest BCUT2D eigenvalue weighted by Gasteiger charge is -2.38. The first kappa shape index (κ1) is 23.4. The molecular weight excluding hydrogens is 404 g/mol. The Morgan fingerprint density at radius 1 is 1.31 bits per heavy atom. The van der Waals surface area contributed by atoms with Crippen LogP contribution in [0, 0.1) is 5.82 Å². The lowest BCUT2D eigenvalue weighted by Crippen LogP contribution is -2.59. The summed E-state index contributed by atoms with van der Waals surface area (Å²) in [7, 11) is 0. The van der Waals surface area contributed by atoms with Gasteiger partial charge in [-0.25, -0.2) is 4.39 Å². The normalized spacial score (nSPS) is 23.7. The van der Waals surface area contributed by atoms with Gasteiger partial charge in [0.2, 0.25) is 5.91 Å². The Kier molecular flexibility index (Phi) is 9.58. The molecule has 0 unspecified atom stereocenters. The number of hydrogen-bond donors (Lipinski definition) is 1. The van der Waals surface area contributed by atoms with Crippen molar-refractivity contribution in [2.75, 3.05) is 39.3 Å². The molecule has 2 heterocycles. The topological polar surface area (TPSA) is 44.8 Å². The summed E-state index contributed by atoms with van der Waals surface area (Å²) in [6.45, 7) is 6.41. The second-order valence-electron chi connectivity index (χ2n) is 6.31. The van der Waals surface area contributed by atoms with Crippen LogP contribution in [0.4, 0.5) is 4.39 Å². The number of nitrogens with one attached hydrogen (secondary N) is 1. The van der Waals surface area contributed by atoms with Gasteiger partial charge in [0.15, 0.2) is 0 Å². The zero-order chi connectivity index (χ0) is 17.1. The van der Waals surface area contributed by atoms with Gasteiger partial charge in [-0.05, 0) is 19.1 Å². The van der Waals surface area contributed by atoms with Gasteiger partial charge in [0, 0.05) is 49.9 Å². The molecule has 2 fully saturated rings. The second kappa shape index (κ2) is 10.6. The first-order valence-electron chi connectivity index (χ1n) is 8.35. The van der Waals surface area contributed by atoms with Crippen molar-refractivity contribution in [2.24, 2.45) is 0 Å². The van der Waals surface area contributed by atoms with Crippen molar-refractivity contribution in [1.82, 2.24) is 15.1 Å². The summed E-state index contributed by atoms with van der Waals surface area (Å²) < 4.78 is 19.5. The van der Waals surface area contributed by atoms with Gasteiger partial charge >= 0.3 is 0 Å². The lowest BCUT2D eigenvalue weighted by atomic mass is 10.1. The van der Waals surface area contributed by atoms with E-state index < -0.39 is 0 Å². The third-order valence-corrected chi connectivity index (χ3v) is 5.06. The number of ether oxygens (including phenoxy) is 1. The maximum atomic E-state index is 13.9.